The van der Waals surface area contributed by atoms with Gasteiger partial charge in [0.1, 0.15) is 0 Å². The summed E-state index contributed by atoms with van der Waals surface area (Å²) in [6.45, 7) is 3.43. The summed E-state index contributed by atoms with van der Waals surface area (Å²) in [5.74, 6) is 0. The van der Waals surface area contributed by atoms with Gasteiger partial charge in [-0.05, 0) is 42.0 Å². The van der Waals surface area contributed by atoms with Crippen LogP contribution in [0.4, 0.5) is 0 Å². The summed E-state index contributed by atoms with van der Waals surface area (Å²) < 4.78 is 0. The largest absolute Gasteiger partial charge is 0.298 e. The monoisotopic (exact) mass is 593 g/mol. The molecule has 1 aliphatic heterocycles. The van der Waals surface area contributed by atoms with Crippen molar-refractivity contribution in [1.82, 2.24) is 4.90 Å². The molecule has 0 radical (unpaired) electrons. The molecular formula is C35H35NP4. The highest BCUT2D eigenvalue weighted by Gasteiger charge is 2.37. The van der Waals surface area contributed by atoms with E-state index in [1.165, 1.54) is 39.9 Å². The number of rotatable bonds is 10. The Kier molecular flexibility index (Phi) is 9.85. The van der Waals surface area contributed by atoms with Crippen LogP contribution in [-0.4, -0.2) is 29.3 Å². The van der Waals surface area contributed by atoms with E-state index in [0.717, 1.165) is 23.1 Å². The number of hydrogen-bond donors (Lipinski definition) is 0. The molecule has 40 heavy (non-hydrogen) atoms. The molecule has 0 bridgehead atoms. The third-order valence-electron chi connectivity index (χ3n) is 7.29. The Morgan fingerprint density at radius 1 is 0.450 bits per heavy atom. The minimum absolute atomic E-state index is 0.388. The van der Waals surface area contributed by atoms with Gasteiger partial charge in [-0.3, -0.25) is 4.90 Å². The van der Waals surface area contributed by atoms with Gasteiger partial charge in [-0.15, -0.1) is 0 Å². The number of nitrogens with zero attached hydrogens (tertiary/aromatic N) is 1. The first-order chi connectivity index (χ1) is 19.8. The van der Waals surface area contributed by atoms with E-state index in [1.807, 2.05) is 0 Å². The molecule has 1 heterocycles. The van der Waals surface area contributed by atoms with Gasteiger partial charge < -0.3 is 0 Å². The Bertz CT molecular complexity index is 1260. The van der Waals surface area contributed by atoms with Gasteiger partial charge in [0.2, 0.25) is 0 Å². The van der Waals surface area contributed by atoms with Crippen molar-refractivity contribution in [3.8, 4) is 0 Å². The molecule has 1 saturated heterocycles. The zero-order chi connectivity index (χ0) is 27.0. The van der Waals surface area contributed by atoms with E-state index in [9.17, 15) is 0 Å². The topological polar surface area (TPSA) is 3.24 Å². The molecule has 5 heteroatoms. The van der Waals surface area contributed by atoms with E-state index < -0.39 is 0 Å². The lowest BCUT2D eigenvalue weighted by atomic mass is 10.2. The van der Waals surface area contributed by atoms with E-state index in [1.54, 1.807) is 0 Å². The SMILES string of the molecule is c1ccc(CN2CC(PP(c3ccccc3)c3ccccc3)C(PP(c3ccccc3)c3ccccc3)C2)cc1. The van der Waals surface area contributed by atoms with Crippen molar-refractivity contribution < 1.29 is 0 Å². The molecule has 0 amide bonds. The van der Waals surface area contributed by atoms with Crippen molar-refractivity contribution in [2.75, 3.05) is 13.1 Å². The summed E-state index contributed by atoms with van der Waals surface area (Å²) in [5, 5.41) is 6.05. The molecule has 5 aromatic rings. The number of benzene rings is 5. The van der Waals surface area contributed by atoms with E-state index in [2.05, 4.69) is 157 Å². The van der Waals surface area contributed by atoms with Gasteiger partial charge in [-0.1, -0.05) is 168 Å². The van der Waals surface area contributed by atoms with Crippen LogP contribution in [0, 0.1) is 0 Å². The first-order valence-electron chi connectivity index (χ1n) is 13.9. The van der Waals surface area contributed by atoms with Crippen molar-refractivity contribution in [3.63, 3.8) is 0 Å². The van der Waals surface area contributed by atoms with Crippen LogP contribution in [0.5, 0.6) is 0 Å². The Morgan fingerprint density at radius 2 is 0.750 bits per heavy atom. The molecule has 5 aromatic carbocycles. The normalized spacial score (nSPS) is 18.1. The fraction of sp³-hybridized carbons (Fsp3) is 0.143. The molecule has 1 nitrogen and oxygen atoms in total. The molecule has 4 atom stereocenters. The Labute approximate surface area is 245 Å². The lowest BCUT2D eigenvalue weighted by Gasteiger charge is -2.29. The maximum atomic E-state index is 2.75. The second-order valence-corrected chi connectivity index (χ2v) is 19.8. The van der Waals surface area contributed by atoms with Crippen LogP contribution in [-0.2, 0) is 6.54 Å². The smallest absolute Gasteiger partial charge is 0.0234 e. The average molecular weight is 594 g/mol. The van der Waals surface area contributed by atoms with E-state index in [-0.39, 0.29) is 15.2 Å². The average Bonchev–Trinajstić information content (AvgIpc) is 3.41. The quantitative estimate of drug-likeness (QED) is 0.150. The van der Waals surface area contributed by atoms with Gasteiger partial charge in [0.05, 0.1) is 0 Å². The summed E-state index contributed by atoms with van der Waals surface area (Å²) >= 11 is 0. The van der Waals surface area contributed by atoms with E-state index >= 15 is 0 Å². The van der Waals surface area contributed by atoms with Crippen LogP contribution < -0.4 is 21.2 Å². The molecule has 4 unspecified atom stereocenters. The van der Waals surface area contributed by atoms with Crippen molar-refractivity contribution in [1.29, 1.82) is 0 Å². The summed E-state index contributed by atoms with van der Waals surface area (Å²) in [5.41, 5.74) is 2.83. The van der Waals surface area contributed by atoms with Crippen molar-refractivity contribution in [2.45, 2.75) is 17.9 Å². The minimum Gasteiger partial charge on any atom is -0.298 e. The standard InChI is InChI=1S/C35H35NP4/c1-6-16-29(17-7-1)26-36-27-34(37-39(30-18-8-2-9-19-30)31-20-10-3-11-21-31)35(28-36)38-40(32-22-12-4-13-23-32)33-24-14-5-15-25-33/h1-25,34-35,37-38H,26-28H2. The maximum absolute atomic E-state index is 2.75. The maximum Gasteiger partial charge on any atom is 0.0234 e. The predicted octanol–water partition coefficient (Wildman–Crippen LogP) is 7.69. The predicted molar refractivity (Wildman–Crippen MR) is 184 cm³/mol. The van der Waals surface area contributed by atoms with E-state index in [0.29, 0.717) is 11.3 Å². The molecule has 0 spiro atoms. The van der Waals surface area contributed by atoms with E-state index in [4.69, 9.17) is 0 Å². The third kappa shape index (κ3) is 7.15. The van der Waals surface area contributed by atoms with Gasteiger partial charge >= 0.3 is 0 Å². The Morgan fingerprint density at radius 3 is 1.07 bits per heavy atom. The van der Waals surface area contributed by atoms with Gasteiger partial charge in [0.25, 0.3) is 0 Å². The van der Waals surface area contributed by atoms with Crippen LogP contribution >= 0.6 is 31.8 Å². The molecule has 1 fully saturated rings. The summed E-state index contributed by atoms with van der Waals surface area (Å²) in [7, 11) is 1.05. The summed E-state index contributed by atoms with van der Waals surface area (Å²) in [6.07, 6.45) is 0. The number of hydrogen-bond acceptors (Lipinski definition) is 1. The lowest BCUT2D eigenvalue weighted by Crippen LogP contribution is -2.20. The first-order valence-corrected chi connectivity index (χ1v) is 20.4. The lowest BCUT2D eigenvalue weighted by molar-refractivity contribution is 0.333. The van der Waals surface area contributed by atoms with Crippen LogP contribution in [0.1, 0.15) is 5.56 Å². The van der Waals surface area contributed by atoms with Crippen LogP contribution in [0.2, 0.25) is 0 Å². The highest BCUT2D eigenvalue weighted by atomic mass is 32.1. The second-order valence-electron chi connectivity index (χ2n) is 10.2. The van der Waals surface area contributed by atoms with Crippen molar-refractivity contribution >= 4 is 53.0 Å². The molecular weight excluding hydrogens is 558 g/mol. The van der Waals surface area contributed by atoms with Gasteiger partial charge in [0.15, 0.2) is 0 Å². The van der Waals surface area contributed by atoms with Crippen LogP contribution in [0.3, 0.4) is 0 Å². The molecule has 1 aliphatic rings. The zero-order valence-corrected chi connectivity index (χ0v) is 26.3. The van der Waals surface area contributed by atoms with Crippen LogP contribution in [0.25, 0.3) is 0 Å². The Balaban J connectivity index is 1.32. The minimum atomic E-state index is -0.388. The molecule has 0 aliphatic carbocycles. The Hall–Kier alpha value is -2.22. The van der Waals surface area contributed by atoms with Gasteiger partial charge in [-0.25, -0.2) is 0 Å². The van der Waals surface area contributed by atoms with Gasteiger partial charge in [-0.2, -0.15) is 0 Å². The fourth-order valence-corrected chi connectivity index (χ4v) is 18.8. The molecule has 0 N–H and O–H groups in total. The molecule has 0 saturated carbocycles. The van der Waals surface area contributed by atoms with Crippen molar-refractivity contribution in [2.24, 2.45) is 0 Å². The summed E-state index contributed by atoms with van der Waals surface area (Å²) in [4.78, 5) is 2.75. The highest BCUT2D eigenvalue weighted by Crippen LogP contribution is 2.64. The third-order valence-corrected chi connectivity index (χ3v) is 19.9. The molecule has 200 valence electrons. The molecule has 6 rings (SSSR count). The zero-order valence-electron chi connectivity index (χ0n) is 22.6. The first kappa shape index (κ1) is 27.9. The highest BCUT2D eigenvalue weighted by molar-refractivity contribution is 8.30. The second kappa shape index (κ2) is 14.1. The fourth-order valence-electron chi connectivity index (χ4n) is 5.35. The summed E-state index contributed by atoms with van der Waals surface area (Å²) in [6, 6.07) is 56.3. The van der Waals surface area contributed by atoms with Crippen LogP contribution in [0.15, 0.2) is 152 Å². The number of likely N-dealkylation sites (tertiary alicyclic amines) is 1. The van der Waals surface area contributed by atoms with Crippen molar-refractivity contribution in [3.05, 3.63) is 157 Å². The molecule has 0 aromatic heterocycles. The van der Waals surface area contributed by atoms with Gasteiger partial charge in [0, 0.05) is 31.0 Å².